The first-order valence-corrected chi connectivity index (χ1v) is 9.56. The van der Waals surface area contributed by atoms with Gasteiger partial charge in [-0.15, -0.1) is 0 Å². The van der Waals surface area contributed by atoms with E-state index in [4.69, 9.17) is 0 Å². The molecule has 0 saturated carbocycles. The summed E-state index contributed by atoms with van der Waals surface area (Å²) in [7, 11) is -3.19. The summed E-state index contributed by atoms with van der Waals surface area (Å²) in [5.74, 6) is -0.0770. The Hall–Kier alpha value is -2.19. The van der Waals surface area contributed by atoms with Gasteiger partial charge in [-0.1, -0.05) is 0 Å². The van der Waals surface area contributed by atoms with Crippen molar-refractivity contribution in [1.82, 2.24) is 19.0 Å². The van der Waals surface area contributed by atoms with Gasteiger partial charge in [0.25, 0.3) is 5.91 Å². The van der Waals surface area contributed by atoms with Crippen LogP contribution >= 0.6 is 0 Å². The van der Waals surface area contributed by atoms with Gasteiger partial charge in [0, 0.05) is 43.6 Å². The van der Waals surface area contributed by atoms with Crippen LogP contribution in [0.5, 0.6) is 0 Å². The molecule has 0 radical (unpaired) electrons. The molecule has 0 aliphatic carbocycles. The second kappa shape index (κ2) is 6.37. The van der Waals surface area contributed by atoms with E-state index in [0.717, 1.165) is 11.4 Å². The van der Waals surface area contributed by atoms with Gasteiger partial charge in [-0.2, -0.15) is 9.40 Å². The van der Waals surface area contributed by atoms with Crippen molar-refractivity contribution in [3.05, 3.63) is 47.8 Å². The first-order valence-electron chi connectivity index (χ1n) is 7.72. The molecule has 1 aliphatic rings. The number of aromatic nitrogens is 2. The molecule has 0 spiro atoms. The van der Waals surface area contributed by atoms with Crippen molar-refractivity contribution in [2.45, 2.75) is 6.92 Å². The molecule has 7 nitrogen and oxygen atoms in total. The third-order valence-corrected chi connectivity index (χ3v) is 5.49. The minimum Gasteiger partial charge on any atom is -0.336 e. The Morgan fingerprint density at radius 3 is 2.17 bits per heavy atom. The number of aryl methyl sites for hydroxylation is 1. The first-order chi connectivity index (χ1) is 11.4. The van der Waals surface area contributed by atoms with Crippen molar-refractivity contribution in [3.63, 3.8) is 0 Å². The van der Waals surface area contributed by atoms with Crippen LogP contribution in [0.4, 0.5) is 0 Å². The van der Waals surface area contributed by atoms with Crippen LogP contribution in [0.2, 0.25) is 0 Å². The lowest BCUT2D eigenvalue weighted by Gasteiger charge is -2.33. The molecular formula is C16H20N4O3S. The fraction of sp³-hybridized carbons (Fsp3) is 0.375. The highest BCUT2D eigenvalue weighted by Crippen LogP contribution is 2.14. The lowest BCUT2D eigenvalue weighted by molar-refractivity contribution is 0.0698. The first kappa shape index (κ1) is 16.7. The summed E-state index contributed by atoms with van der Waals surface area (Å²) in [5, 5.41) is 4.24. The standard InChI is InChI=1S/C16H20N4O3S/c1-13-7-8-17-20(13)15-5-3-14(4-6-15)16(21)18-9-11-19(12-10-18)24(2,22)23/h3-8H,9-12H2,1-2H3. The Morgan fingerprint density at radius 2 is 1.67 bits per heavy atom. The number of carbonyl (C=O) groups excluding carboxylic acids is 1. The lowest BCUT2D eigenvalue weighted by Crippen LogP contribution is -2.50. The summed E-state index contributed by atoms with van der Waals surface area (Å²) in [5.41, 5.74) is 2.51. The van der Waals surface area contributed by atoms with E-state index in [2.05, 4.69) is 5.10 Å². The van der Waals surface area contributed by atoms with Crippen LogP contribution in [-0.2, 0) is 10.0 Å². The van der Waals surface area contributed by atoms with E-state index in [1.807, 2.05) is 25.1 Å². The number of carbonyl (C=O) groups is 1. The number of hydrogen-bond donors (Lipinski definition) is 0. The lowest BCUT2D eigenvalue weighted by atomic mass is 10.1. The molecule has 3 rings (SSSR count). The average Bonchev–Trinajstić information content (AvgIpc) is 3.00. The van der Waals surface area contributed by atoms with Crippen LogP contribution in [-0.4, -0.2) is 65.7 Å². The van der Waals surface area contributed by atoms with E-state index in [9.17, 15) is 13.2 Å². The summed E-state index contributed by atoms with van der Waals surface area (Å²) in [6.07, 6.45) is 2.93. The zero-order valence-corrected chi connectivity index (χ0v) is 14.5. The van der Waals surface area contributed by atoms with Crippen LogP contribution in [0.1, 0.15) is 16.1 Å². The van der Waals surface area contributed by atoms with Crippen molar-refractivity contribution < 1.29 is 13.2 Å². The predicted molar refractivity (Wildman–Crippen MR) is 90.6 cm³/mol. The average molecular weight is 348 g/mol. The van der Waals surface area contributed by atoms with Crippen molar-refractivity contribution in [2.75, 3.05) is 32.4 Å². The molecular weight excluding hydrogens is 328 g/mol. The largest absolute Gasteiger partial charge is 0.336 e. The molecule has 1 aromatic heterocycles. The Labute approximate surface area is 141 Å². The van der Waals surface area contributed by atoms with Crippen molar-refractivity contribution >= 4 is 15.9 Å². The molecule has 1 fully saturated rings. The fourth-order valence-corrected chi connectivity index (χ4v) is 3.62. The predicted octanol–water partition coefficient (Wildman–Crippen LogP) is 0.898. The second-order valence-corrected chi connectivity index (χ2v) is 7.87. The smallest absolute Gasteiger partial charge is 0.253 e. The van der Waals surface area contributed by atoms with Gasteiger partial charge in [-0.3, -0.25) is 4.79 Å². The Kier molecular flexibility index (Phi) is 4.42. The van der Waals surface area contributed by atoms with Gasteiger partial charge >= 0.3 is 0 Å². The zero-order chi connectivity index (χ0) is 17.3. The normalized spacial score (nSPS) is 16.3. The SMILES string of the molecule is Cc1ccnn1-c1ccc(C(=O)N2CCN(S(C)(=O)=O)CC2)cc1. The third kappa shape index (κ3) is 3.34. The molecule has 1 aliphatic heterocycles. The number of rotatable bonds is 3. The van der Waals surface area contributed by atoms with Crippen LogP contribution in [0.25, 0.3) is 5.69 Å². The summed E-state index contributed by atoms with van der Waals surface area (Å²) < 4.78 is 26.3. The molecule has 24 heavy (non-hydrogen) atoms. The molecule has 2 heterocycles. The summed E-state index contributed by atoms with van der Waals surface area (Å²) in [6, 6.07) is 9.20. The van der Waals surface area contributed by atoms with E-state index >= 15 is 0 Å². The van der Waals surface area contributed by atoms with Gasteiger partial charge in [0.2, 0.25) is 10.0 Å². The highest BCUT2D eigenvalue weighted by Gasteiger charge is 2.26. The van der Waals surface area contributed by atoms with Gasteiger partial charge in [0.1, 0.15) is 0 Å². The second-order valence-electron chi connectivity index (χ2n) is 5.89. The van der Waals surface area contributed by atoms with E-state index in [1.54, 1.807) is 27.9 Å². The molecule has 1 amide bonds. The van der Waals surface area contributed by atoms with E-state index in [1.165, 1.54) is 10.6 Å². The fourth-order valence-electron chi connectivity index (χ4n) is 2.79. The van der Waals surface area contributed by atoms with Crippen LogP contribution in [0, 0.1) is 6.92 Å². The van der Waals surface area contributed by atoms with Gasteiger partial charge in [0.15, 0.2) is 0 Å². The molecule has 0 N–H and O–H groups in total. The minimum atomic E-state index is -3.19. The number of hydrogen-bond acceptors (Lipinski definition) is 4. The summed E-state index contributed by atoms with van der Waals surface area (Å²) in [4.78, 5) is 14.2. The van der Waals surface area contributed by atoms with Gasteiger partial charge in [0.05, 0.1) is 11.9 Å². The van der Waals surface area contributed by atoms with Crippen molar-refractivity contribution in [2.24, 2.45) is 0 Å². The highest BCUT2D eigenvalue weighted by atomic mass is 32.2. The van der Waals surface area contributed by atoms with Crippen molar-refractivity contribution in [3.8, 4) is 5.69 Å². The van der Waals surface area contributed by atoms with Crippen LogP contribution in [0.3, 0.4) is 0 Å². The van der Waals surface area contributed by atoms with Gasteiger partial charge < -0.3 is 4.90 Å². The third-order valence-electron chi connectivity index (χ3n) is 4.19. The van der Waals surface area contributed by atoms with Gasteiger partial charge in [-0.05, 0) is 37.3 Å². The molecule has 2 aromatic rings. The quantitative estimate of drug-likeness (QED) is 0.826. The molecule has 8 heteroatoms. The Balaban J connectivity index is 1.69. The highest BCUT2D eigenvalue weighted by molar-refractivity contribution is 7.88. The topological polar surface area (TPSA) is 75.5 Å². The van der Waals surface area contributed by atoms with Crippen LogP contribution < -0.4 is 0 Å². The zero-order valence-electron chi connectivity index (χ0n) is 13.7. The van der Waals surface area contributed by atoms with Crippen molar-refractivity contribution in [1.29, 1.82) is 0 Å². The molecule has 128 valence electrons. The number of sulfonamides is 1. The monoisotopic (exact) mass is 348 g/mol. The molecule has 0 atom stereocenters. The maximum Gasteiger partial charge on any atom is 0.253 e. The van der Waals surface area contributed by atoms with E-state index < -0.39 is 10.0 Å². The molecule has 0 bridgehead atoms. The molecule has 1 saturated heterocycles. The number of benzene rings is 1. The number of piperazine rings is 1. The number of nitrogens with zero attached hydrogens (tertiary/aromatic N) is 4. The van der Waals surface area contributed by atoms with E-state index in [0.29, 0.717) is 31.7 Å². The van der Waals surface area contributed by atoms with Crippen LogP contribution in [0.15, 0.2) is 36.5 Å². The maximum atomic E-state index is 12.6. The Bertz CT molecular complexity index is 834. The molecule has 0 unspecified atom stereocenters. The number of amides is 1. The molecule has 1 aromatic carbocycles. The summed E-state index contributed by atoms with van der Waals surface area (Å²) in [6.45, 7) is 3.47. The van der Waals surface area contributed by atoms with E-state index in [-0.39, 0.29) is 5.91 Å². The minimum absolute atomic E-state index is 0.0770. The summed E-state index contributed by atoms with van der Waals surface area (Å²) >= 11 is 0. The maximum absolute atomic E-state index is 12.6. The Morgan fingerprint density at radius 1 is 1.04 bits per heavy atom. The van der Waals surface area contributed by atoms with Gasteiger partial charge in [-0.25, -0.2) is 13.1 Å².